The van der Waals surface area contributed by atoms with E-state index in [1.807, 2.05) is 0 Å². The number of ether oxygens (including phenoxy) is 1. The maximum Gasteiger partial charge on any atom is 0.410 e. The summed E-state index contributed by atoms with van der Waals surface area (Å²) in [5.41, 5.74) is 6.77. The number of rotatable bonds is 4. The van der Waals surface area contributed by atoms with Gasteiger partial charge < -0.3 is 15.8 Å². The topological polar surface area (TPSA) is 84.7 Å². The van der Waals surface area contributed by atoms with Gasteiger partial charge in [0, 0.05) is 11.3 Å². The van der Waals surface area contributed by atoms with Crippen LogP contribution in [0.2, 0.25) is 0 Å². The second kappa shape index (κ2) is 5.66. The van der Waals surface area contributed by atoms with Crippen LogP contribution in [0.4, 0.5) is 10.5 Å². The van der Waals surface area contributed by atoms with E-state index in [4.69, 9.17) is 22.7 Å². The minimum absolute atomic E-state index is 0.0316. The fourth-order valence-electron chi connectivity index (χ4n) is 1.69. The number of carbonyl (C=O) groups excluding carboxylic acids is 2. The summed E-state index contributed by atoms with van der Waals surface area (Å²) in [7, 11) is 0. The minimum Gasteiger partial charge on any atom is -0.448 e. The molecule has 0 spiro atoms. The molecule has 6 nitrogen and oxygen atoms in total. The molecule has 0 radical (unpaired) electrons. The summed E-state index contributed by atoms with van der Waals surface area (Å²) in [5, 5.41) is 2.68. The Labute approximate surface area is 115 Å². The van der Waals surface area contributed by atoms with Crippen molar-refractivity contribution in [1.82, 2.24) is 4.90 Å². The standard InChI is InChI=1S/C12H13N3O3S/c13-11(19)8-2-1-3-9(6-8)14-10(16)7-15-4-5-18-12(15)17/h1-3,6H,4-5,7H2,(H2,13,19)(H,14,16). The molecular formula is C12H13N3O3S. The van der Waals surface area contributed by atoms with Gasteiger partial charge in [-0.15, -0.1) is 0 Å². The Morgan fingerprint density at radius 2 is 2.32 bits per heavy atom. The van der Waals surface area contributed by atoms with Gasteiger partial charge in [-0.05, 0) is 12.1 Å². The van der Waals surface area contributed by atoms with Crippen LogP contribution in [0.3, 0.4) is 0 Å². The van der Waals surface area contributed by atoms with Crippen molar-refractivity contribution in [3.63, 3.8) is 0 Å². The van der Waals surface area contributed by atoms with Crippen LogP contribution in [-0.4, -0.2) is 41.6 Å². The number of thiocarbonyl (C=S) groups is 1. The molecule has 2 amide bonds. The first-order valence-corrected chi connectivity index (χ1v) is 6.08. The van der Waals surface area contributed by atoms with Crippen molar-refractivity contribution < 1.29 is 14.3 Å². The lowest BCUT2D eigenvalue weighted by atomic mass is 10.2. The maximum absolute atomic E-state index is 11.8. The molecule has 1 heterocycles. The second-order valence-electron chi connectivity index (χ2n) is 4.03. The molecule has 7 heteroatoms. The molecule has 1 aromatic rings. The van der Waals surface area contributed by atoms with Crippen molar-refractivity contribution in [2.75, 3.05) is 25.0 Å². The predicted octanol–water partition coefficient (Wildman–Crippen LogP) is 0.711. The highest BCUT2D eigenvalue weighted by molar-refractivity contribution is 7.80. The smallest absolute Gasteiger partial charge is 0.410 e. The molecule has 100 valence electrons. The Kier molecular flexibility index (Phi) is 3.96. The van der Waals surface area contributed by atoms with E-state index in [9.17, 15) is 9.59 Å². The van der Waals surface area contributed by atoms with E-state index in [1.165, 1.54) is 4.90 Å². The highest BCUT2D eigenvalue weighted by Crippen LogP contribution is 2.11. The van der Waals surface area contributed by atoms with Gasteiger partial charge in [0.1, 0.15) is 18.1 Å². The van der Waals surface area contributed by atoms with Crippen LogP contribution < -0.4 is 11.1 Å². The molecule has 0 bridgehead atoms. The Morgan fingerprint density at radius 3 is 2.95 bits per heavy atom. The highest BCUT2D eigenvalue weighted by Gasteiger charge is 2.23. The Morgan fingerprint density at radius 1 is 1.53 bits per heavy atom. The first-order valence-electron chi connectivity index (χ1n) is 5.67. The van der Waals surface area contributed by atoms with Crippen molar-refractivity contribution in [2.45, 2.75) is 0 Å². The fraction of sp³-hybridized carbons (Fsp3) is 0.250. The zero-order chi connectivity index (χ0) is 13.8. The van der Waals surface area contributed by atoms with Gasteiger partial charge in [0.2, 0.25) is 5.91 Å². The first-order chi connectivity index (χ1) is 9.06. The number of carbonyl (C=O) groups is 2. The third-order valence-corrected chi connectivity index (χ3v) is 2.85. The largest absolute Gasteiger partial charge is 0.448 e. The quantitative estimate of drug-likeness (QED) is 0.793. The molecule has 1 aromatic carbocycles. The van der Waals surface area contributed by atoms with Crippen LogP contribution in [-0.2, 0) is 9.53 Å². The van der Waals surface area contributed by atoms with Crippen molar-refractivity contribution in [3.05, 3.63) is 29.8 Å². The molecule has 1 aliphatic rings. The average Bonchev–Trinajstić information content (AvgIpc) is 2.75. The first kappa shape index (κ1) is 13.3. The molecule has 0 atom stereocenters. The van der Waals surface area contributed by atoms with Crippen molar-refractivity contribution in [2.24, 2.45) is 5.73 Å². The van der Waals surface area contributed by atoms with Crippen LogP contribution >= 0.6 is 12.2 Å². The molecule has 2 rings (SSSR count). The molecule has 3 N–H and O–H groups in total. The fourth-order valence-corrected chi connectivity index (χ4v) is 1.82. The number of anilines is 1. The van der Waals surface area contributed by atoms with Gasteiger partial charge >= 0.3 is 6.09 Å². The molecular weight excluding hydrogens is 266 g/mol. The lowest BCUT2D eigenvalue weighted by Crippen LogP contribution is -2.33. The molecule has 0 aliphatic carbocycles. The number of amides is 2. The molecule has 1 fully saturated rings. The molecule has 0 unspecified atom stereocenters. The van der Waals surface area contributed by atoms with E-state index >= 15 is 0 Å². The molecule has 19 heavy (non-hydrogen) atoms. The SMILES string of the molecule is NC(=S)c1cccc(NC(=O)CN2CCOC2=O)c1. The van der Waals surface area contributed by atoms with Crippen molar-refractivity contribution >= 4 is 34.9 Å². The number of nitrogens with two attached hydrogens (primary N) is 1. The Balaban J connectivity index is 1.97. The number of benzene rings is 1. The second-order valence-corrected chi connectivity index (χ2v) is 4.47. The van der Waals surface area contributed by atoms with Gasteiger partial charge in [0.25, 0.3) is 0 Å². The Hall–Kier alpha value is -2.15. The van der Waals surface area contributed by atoms with Crippen molar-refractivity contribution in [1.29, 1.82) is 0 Å². The lowest BCUT2D eigenvalue weighted by Gasteiger charge is -2.12. The molecule has 0 aromatic heterocycles. The van der Waals surface area contributed by atoms with E-state index in [0.29, 0.717) is 24.4 Å². The predicted molar refractivity (Wildman–Crippen MR) is 73.9 cm³/mol. The van der Waals surface area contributed by atoms with Crippen LogP contribution in [0, 0.1) is 0 Å². The zero-order valence-electron chi connectivity index (χ0n) is 10.1. The van der Waals surface area contributed by atoms with Crippen LogP contribution in [0.5, 0.6) is 0 Å². The molecule has 1 aliphatic heterocycles. The number of nitrogens with zero attached hydrogens (tertiary/aromatic N) is 1. The van der Waals surface area contributed by atoms with Crippen LogP contribution in [0.25, 0.3) is 0 Å². The molecule has 1 saturated heterocycles. The number of cyclic esters (lactones) is 1. The van der Waals surface area contributed by atoms with E-state index in [0.717, 1.165) is 0 Å². The average molecular weight is 279 g/mol. The third-order valence-electron chi connectivity index (χ3n) is 2.61. The maximum atomic E-state index is 11.8. The summed E-state index contributed by atoms with van der Waals surface area (Å²) >= 11 is 4.86. The summed E-state index contributed by atoms with van der Waals surface area (Å²) in [5.74, 6) is -0.293. The van der Waals surface area contributed by atoms with E-state index in [-0.39, 0.29) is 17.4 Å². The number of hydrogen-bond donors (Lipinski definition) is 2. The summed E-state index contributed by atoms with van der Waals surface area (Å²) < 4.78 is 4.74. The monoisotopic (exact) mass is 279 g/mol. The van der Waals surface area contributed by atoms with Gasteiger partial charge in [-0.25, -0.2) is 4.79 Å². The summed E-state index contributed by atoms with van der Waals surface area (Å²) in [6, 6.07) is 6.91. The number of nitrogens with one attached hydrogen (secondary N) is 1. The van der Waals surface area contributed by atoms with Gasteiger partial charge in [-0.1, -0.05) is 24.4 Å². The summed E-state index contributed by atoms with van der Waals surface area (Å²) in [4.78, 5) is 24.6. The highest BCUT2D eigenvalue weighted by atomic mass is 32.1. The van der Waals surface area contributed by atoms with Gasteiger partial charge in [0.05, 0.1) is 6.54 Å². The minimum atomic E-state index is -0.466. The summed E-state index contributed by atoms with van der Waals surface area (Å²) in [6.07, 6.45) is -0.466. The van der Waals surface area contributed by atoms with Gasteiger partial charge in [-0.2, -0.15) is 0 Å². The van der Waals surface area contributed by atoms with E-state index in [1.54, 1.807) is 24.3 Å². The molecule has 0 saturated carbocycles. The lowest BCUT2D eigenvalue weighted by molar-refractivity contribution is -0.116. The van der Waals surface area contributed by atoms with Crippen LogP contribution in [0.1, 0.15) is 5.56 Å². The van der Waals surface area contributed by atoms with E-state index < -0.39 is 6.09 Å². The van der Waals surface area contributed by atoms with Gasteiger partial charge in [0.15, 0.2) is 0 Å². The summed E-state index contributed by atoms with van der Waals surface area (Å²) in [6.45, 7) is 0.721. The normalized spacial score (nSPS) is 14.1. The Bertz CT molecular complexity index is 533. The van der Waals surface area contributed by atoms with Gasteiger partial charge in [-0.3, -0.25) is 9.69 Å². The van der Waals surface area contributed by atoms with Crippen molar-refractivity contribution in [3.8, 4) is 0 Å². The van der Waals surface area contributed by atoms with E-state index in [2.05, 4.69) is 5.32 Å². The number of hydrogen-bond acceptors (Lipinski definition) is 4. The third kappa shape index (κ3) is 3.41. The van der Waals surface area contributed by atoms with Crippen LogP contribution in [0.15, 0.2) is 24.3 Å². The zero-order valence-corrected chi connectivity index (χ0v) is 10.9.